The Balaban J connectivity index is 1.52. The standard InChI is InChI=1S/C17H27N5O/c1-13-12-14(2)19-16(18-13)21-8-10-22(11-9-21)17(23)20-15-6-4-3-5-7-15/h12,15H,3-11H2,1-2H3,(H,20,23). The molecule has 1 aromatic heterocycles. The van der Waals surface area contributed by atoms with Crippen molar-refractivity contribution < 1.29 is 4.79 Å². The molecule has 126 valence electrons. The lowest BCUT2D eigenvalue weighted by molar-refractivity contribution is 0.186. The van der Waals surface area contributed by atoms with E-state index in [-0.39, 0.29) is 6.03 Å². The third-order valence-electron chi connectivity index (χ3n) is 4.75. The largest absolute Gasteiger partial charge is 0.337 e. The molecule has 1 aromatic rings. The Morgan fingerprint density at radius 1 is 1.04 bits per heavy atom. The molecule has 0 atom stereocenters. The Labute approximate surface area is 138 Å². The van der Waals surface area contributed by atoms with E-state index < -0.39 is 0 Å². The van der Waals surface area contributed by atoms with Gasteiger partial charge in [-0.05, 0) is 32.8 Å². The Morgan fingerprint density at radius 2 is 1.65 bits per heavy atom. The van der Waals surface area contributed by atoms with Gasteiger partial charge in [0.05, 0.1) is 0 Å². The molecule has 0 radical (unpaired) electrons. The van der Waals surface area contributed by atoms with Crippen molar-refractivity contribution in [2.45, 2.75) is 52.0 Å². The van der Waals surface area contributed by atoms with Crippen molar-refractivity contribution in [1.29, 1.82) is 0 Å². The summed E-state index contributed by atoms with van der Waals surface area (Å²) < 4.78 is 0. The molecule has 1 aliphatic heterocycles. The highest BCUT2D eigenvalue weighted by Gasteiger charge is 2.25. The van der Waals surface area contributed by atoms with Gasteiger partial charge >= 0.3 is 6.03 Å². The van der Waals surface area contributed by atoms with Crippen LogP contribution in [0.1, 0.15) is 43.5 Å². The second-order valence-electron chi connectivity index (χ2n) is 6.71. The lowest BCUT2D eigenvalue weighted by Crippen LogP contribution is -2.54. The zero-order valence-electron chi connectivity index (χ0n) is 14.2. The van der Waals surface area contributed by atoms with Gasteiger partial charge in [-0.2, -0.15) is 0 Å². The number of rotatable bonds is 2. The van der Waals surface area contributed by atoms with Crippen LogP contribution in [0, 0.1) is 13.8 Å². The van der Waals surface area contributed by atoms with Gasteiger partial charge in [-0.3, -0.25) is 0 Å². The first-order chi connectivity index (χ1) is 11.1. The van der Waals surface area contributed by atoms with Crippen LogP contribution in [-0.2, 0) is 0 Å². The molecular formula is C17H27N5O. The van der Waals surface area contributed by atoms with Crippen LogP contribution in [-0.4, -0.2) is 53.1 Å². The van der Waals surface area contributed by atoms with Gasteiger partial charge in [-0.25, -0.2) is 14.8 Å². The van der Waals surface area contributed by atoms with E-state index in [1.54, 1.807) is 0 Å². The van der Waals surface area contributed by atoms with E-state index in [0.29, 0.717) is 6.04 Å². The summed E-state index contributed by atoms with van der Waals surface area (Å²) in [6, 6.07) is 2.45. The Hall–Kier alpha value is -1.85. The number of amides is 2. The van der Waals surface area contributed by atoms with Crippen LogP contribution in [0.15, 0.2) is 6.07 Å². The topological polar surface area (TPSA) is 61.4 Å². The van der Waals surface area contributed by atoms with Crippen LogP contribution < -0.4 is 10.2 Å². The van der Waals surface area contributed by atoms with Gasteiger partial charge in [0.15, 0.2) is 0 Å². The Kier molecular flexibility index (Phi) is 4.98. The molecule has 0 spiro atoms. The van der Waals surface area contributed by atoms with E-state index in [0.717, 1.165) is 56.4 Å². The molecule has 2 heterocycles. The van der Waals surface area contributed by atoms with Gasteiger partial charge < -0.3 is 15.1 Å². The predicted molar refractivity (Wildman–Crippen MR) is 90.7 cm³/mol. The number of nitrogens with one attached hydrogen (secondary N) is 1. The van der Waals surface area contributed by atoms with Gasteiger partial charge in [-0.1, -0.05) is 19.3 Å². The number of urea groups is 1. The molecule has 1 saturated heterocycles. The van der Waals surface area contributed by atoms with Crippen LogP contribution in [0.25, 0.3) is 0 Å². The summed E-state index contributed by atoms with van der Waals surface area (Å²) in [6.45, 7) is 7.03. The maximum atomic E-state index is 12.4. The number of aromatic nitrogens is 2. The minimum Gasteiger partial charge on any atom is -0.337 e. The SMILES string of the molecule is Cc1cc(C)nc(N2CCN(C(=O)NC3CCCCC3)CC2)n1. The lowest BCUT2D eigenvalue weighted by atomic mass is 9.96. The minimum absolute atomic E-state index is 0.0953. The molecule has 6 heteroatoms. The number of nitrogens with zero attached hydrogens (tertiary/aromatic N) is 4. The number of hydrogen-bond donors (Lipinski definition) is 1. The first-order valence-electron chi connectivity index (χ1n) is 8.74. The molecule has 2 fully saturated rings. The first-order valence-corrected chi connectivity index (χ1v) is 8.74. The number of hydrogen-bond acceptors (Lipinski definition) is 4. The second kappa shape index (κ2) is 7.15. The summed E-state index contributed by atoms with van der Waals surface area (Å²) in [6.07, 6.45) is 6.04. The van der Waals surface area contributed by atoms with E-state index in [2.05, 4.69) is 20.2 Å². The van der Waals surface area contributed by atoms with Gasteiger partial charge in [-0.15, -0.1) is 0 Å². The molecule has 23 heavy (non-hydrogen) atoms. The maximum absolute atomic E-state index is 12.4. The highest BCUT2D eigenvalue weighted by Crippen LogP contribution is 2.18. The monoisotopic (exact) mass is 317 g/mol. The fraction of sp³-hybridized carbons (Fsp3) is 0.706. The van der Waals surface area contributed by atoms with Gasteiger partial charge in [0.1, 0.15) is 0 Å². The van der Waals surface area contributed by atoms with Crippen molar-refractivity contribution in [3.8, 4) is 0 Å². The summed E-state index contributed by atoms with van der Waals surface area (Å²) in [7, 11) is 0. The van der Waals surface area contributed by atoms with Crippen LogP contribution >= 0.6 is 0 Å². The molecular weight excluding hydrogens is 290 g/mol. The molecule has 1 aliphatic carbocycles. The number of carbonyl (C=O) groups excluding carboxylic acids is 1. The normalized spacial score (nSPS) is 19.7. The van der Waals surface area contributed by atoms with Crippen molar-refractivity contribution in [3.63, 3.8) is 0 Å². The van der Waals surface area contributed by atoms with Crippen molar-refractivity contribution in [2.24, 2.45) is 0 Å². The number of piperazine rings is 1. The third kappa shape index (κ3) is 4.12. The summed E-state index contributed by atoms with van der Waals surface area (Å²) in [5, 5.41) is 3.20. The van der Waals surface area contributed by atoms with Crippen LogP contribution in [0.3, 0.4) is 0 Å². The molecule has 0 aromatic carbocycles. The molecule has 3 rings (SSSR count). The van der Waals surface area contributed by atoms with Crippen molar-refractivity contribution in [3.05, 3.63) is 17.5 Å². The fourth-order valence-corrected chi connectivity index (χ4v) is 3.47. The van der Waals surface area contributed by atoms with Crippen molar-refractivity contribution in [2.75, 3.05) is 31.1 Å². The maximum Gasteiger partial charge on any atom is 0.317 e. The smallest absolute Gasteiger partial charge is 0.317 e. The summed E-state index contributed by atoms with van der Waals surface area (Å²) >= 11 is 0. The number of anilines is 1. The van der Waals surface area contributed by atoms with Crippen LogP contribution in [0.2, 0.25) is 0 Å². The van der Waals surface area contributed by atoms with Crippen LogP contribution in [0.4, 0.5) is 10.7 Å². The van der Waals surface area contributed by atoms with E-state index in [9.17, 15) is 4.79 Å². The molecule has 1 N–H and O–H groups in total. The molecule has 0 unspecified atom stereocenters. The Morgan fingerprint density at radius 3 is 2.26 bits per heavy atom. The molecule has 0 bridgehead atoms. The third-order valence-corrected chi connectivity index (χ3v) is 4.75. The first kappa shape index (κ1) is 16.0. The van der Waals surface area contributed by atoms with Gasteiger partial charge in [0.25, 0.3) is 0 Å². The summed E-state index contributed by atoms with van der Waals surface area (Å²) in [4.78, 5) is 25.5. The predicted octanol–water partition coefficient (Wildman–Crippen LogP) is 2.26. The average Bonchev–Trinajstić information content (AvgIpc) is 2.55. The zero-order chi connectivity index (χ0) is 16.2. The fourth-order valence-electron chi connectivity index (χ4n) is 3.47. The number of carbonyl (C=O) groups is 1. The van der Waals surface area contributed by atoms with Gasteiger partial charge in [0, 0.05) is 43.6 Å². The average molecular weight is 317 g/mol. The lowest BCUT2D eigenvalue weighted by Gasteiger charge is -2.36. The van der Waals surface area contributed by atoms with E-state index in [1.807, 2.05) is 24.8 Å². The van der Waals surface area contributed by atoms with Crippen LogP contribution in [0.5, 0.6) is 0 Å². The van der Waals surface area contributed by atoms with E-state index in [1.165, 1.54) is 19.3 Å². The van der Waals surface area contributed by atoms with Crippen molar-refractivity contribution in [1.82, 2.24) is 20.2 Å². The minimum atomic E-state index is 0.0953. The highest BCUT2D eigenvalue weighted by atomic mass is 16.2. The Bertz CT molecular complexity index is 528. The van der Waals surface area contributed by atoms with Gasteiger partial charge in [0.2, 0.25) is 5.95 Å². The molecule has 1 saturated carbocycles. The van der Waals surface area contributed by atoms with E-state index in [4.69, 9.17) is 0 Å². The summed E-state index contributed by atoms with van der Waals surface area (Å²) in [5.41, 5.74) is 1.98. The quantitative estimate of drug-likeness (QED) is 0.909. The second-order valence-corrected chi connectivity index (χ2v) is 6.71. The molecule has 2 aliphatic rings. The molecule has 2 amide bonds. The number of aryl methyl sites for hydroxylation is 2. The van der Waals surface area contributed by atoms with E-state index >= 15 is 0 Å². The highest BCUT2D eigenvalue weighted by molar-refractivity contribution is 5.74. The molecule has 6 nitrogen and oxygen atoms in total. The zero-order valence-corrected chi connectivity index (χ0v) is 14.2. The summed E-state index contributed by atoms with van der Waals surface area (Å²) in [5.74, 6) is 0.787. The van der Waals surface area contributed by atoms with Crippen molar-refractivity contribution >= 4 is 12.0 Å².